The first-order chi connectivity index (χ1) is 16.2. The minimum Gasteiger partial charge on any atom is -0.545 e. The van der Waals surface area contributed by atoms with Crippen molar-refractivity contribution < 1.29 is 62.3 Å². The summed E-state index contributed by atoms with van der Waals surface area (Å²) in [6, 6.07) is 5.06. The number of amides is 2. The Balaban J connectivity index is 0.00000324. The predicted molar refractivity (Wildman–Crippen MR) is 125 cm³/mol. The summed E-state index contributed by atoms with van der Waals surface area (Å²) in [5, 5.41) is 23.3. The second-order valence-electron chi connectivity index (χ2n) is 8.98. The number of unbranched alkanes of at least 4 members (excludes halogenated alkanes) is 2. The van der Waals surface area contributed by atoms with Crippen molar-refractivity contribution in [3.63, 3.8) is 0 Å². The smallest absolute Gasteiger partial charge is 0.545 e. The first-order valence-electron chi connectivity index (χ1n) is 12.0. The Hall–Kier alpha value is -2.10. The molecule has 1 aromatic heterocycles. The van der Waals surface area contributed by atoms with Gasteiger partial charge in [-0.25, -0.2) is 0 Å². The number of nitrogens with zero attached hydrogens (tertiary/aromatic N) is 3. The molecule has 0 unspecified atom stereocenters. The van der Waals surface area contributed by atoms with Gasteiger partial charge in [-0.1, -0.05) is 26.7 Å². The number of fused-ring (bicyclic) bond motifs is 1. The fourth-order valence-corrected chi connectivity index (χ4v) is 4.50. The van der Waals surface area contributed by atoms with Gasteiger partial charge in [-0.05, 0) is 55.5 Å². The standard InChI is InChI=1S/C26H35N3O5.2Li/c1-5-7-10-28(11-8-6-2)24(30)20-15-23(27(4)17(20)3)21-13-18-9-12-29(26(33)34)16-19(18)14-22(21)25(31)32;;/h13-15H,5-12,16H2,1-4H3,(H,31,32)(H,33,34);;/q;2*+1/p-2. The third-order valence-electron chi connectivity index (χ3n) is 6.72. The summed E-state index contributed by atoms with van der Waals surface area (Å²) in [6.07, 6.45) is 3.03. The zero-order chi connectivity index (χ0) is 25.0. The number of carbonyl (C=O) groups excluding carboxylic acids is 3. The van der Waals surface area contributed by atoms with Crippen molar-refractivity contribution >= 4 is 18.0 Å². The van der Waals surface area contributed by atoms with Crippen molar-refractivity contribution in [1.29, 1.82) is 0 Å². The van der Waals surface area contributed by atoms with Crippen LogP contribution in [0.4, 0.5) is 4.79 Å². The molecule has 2 aromatic rings. The van der Waals surface area contributed by atoms with E-state index in [4.69, 9.17) is 0 Å². The van der Waals surface area contributed by atoms with Gasteiger partial charge in [-0.15, -0.1) is 0 Å². The van der Waals surface area contributed by atoms with E-state index in [0.29, 0.717) is 48.4 Å². The summed E-state index contributed by atoms with van der Waals surface area (Å²) in [5.41, 5.74) is 3.92. The Morgan fingerprint density at radius 1 is 0.944 bits per heavy atom. The molecule has 8 nitrogen and oxygen atoms in total. The number of carboxylic acid groups (broad SMARTS) is 2. The minimum absolute atomic E-state index is 0. The summed E-state index contributed by atoms with van der Waals surface area (Å²) < 4.78 is 1.84. The van der Waals surface area contributed by atoms with E-state index in [0.717, 1.165) is 41.8 Å². The fraction of sp³-hybridized carbons (Fsp3) is 0.500. The Morgan fingerprint density at radius 3 is 2.08 bits per heavy atom. The minimum atomic E-state index is -1.34. The Morgan fingerprint density at radius 2 is 1.56 bits per heavy atom. The Labute approximate surface area is 237 Å². The first kappa shape index (κ1) is 31.9. The SMILES string of the molecule is CCCCN(CCCC)C(=O)c1cc(-c2cc3c(cc2C(=O)[O-])CN(C(=O)[O-])CC3)n(C)c1C.[Li+].[Li+]. The van der Waals surface area contributed by atoms with Crippen molar-refractivity contribution in [1.82, 2.24) is 14.4 Å². The van der Waals surface area contributed by atoms with Crippen LogP contribution in [-0.2, 0) is 20.0 Å². The van der Waals surface area contributed by atoms with Crippen LogP contribution in [0.25, 0.3) is 11.3 Å². The van der Waals surface area contributed by atoms with E-state index in [9.17, 15) is 24.6 Å². The molecule has 0 saturated carbocycles. The van der Waals surface area contributed by atoms with Crippen LogP contribution < -0.4 is 47.9 Å². The summed E-state index contributed by atoms with van der Waals surface area (Å²) in [5.74, 6) is -1.39. The molecule has 0 radical (unpaired) electrons. The zero-order valence-corrected chi connectivity index (χ0v) is 22.5. The van der Waals surface area contributed by atoms with E-state index >= 15 is 0 Å². The van der Waals surface area contributed by atoms with Crippen molar-refractivity contribution in [2.24, 2.45) is 7.05 Å². The van der Waals surface area contributed by atoms with Crippen LogP contribution in [-0.4, -0.2) is 52.0 Å². The number of hydrogen-bond donors (Lipinski definition) is 0. The van der Waals surface area contributed by atoms with Crippen molar-refractivity contribution in [3.8, 4) is 11.3 Å². The van der Waals surface area contributed by atoms with Crippen LogP contribution in [0.5, 0.6) is 0 Å². The second-order valence-corrected chi connectivity index (χ2v) is 8.98. The summed E-state index contributed by atoms with van der Waals surface area (Å²) in [4.78, 5) is 39.8. The van der Waals surface area contributed by atoms with Gasteiger partial charge in [-0.2, -0.15) is 0 Å². The van der Waals surface area contributed by atoms with Crippen LogP contribution in [0, 0.1) is 6.92 Å². The summed E-state index contributed by atoms with van der Waals surface area (Å²) in [6.45, 7) is 7.81. The second kappa shape index (κ2) is 14.0. The number of benzene rings is 1. The van der Waals surface area contributed by atoms with Gasteiger partial charge in [0.2, 0.25) is 0 Å². The molecule has 10 heteroatoms. The maximum absolute atomic E-state index is 13.4. The number of hydrogen-bond acceptors (Lipinski definition) is 5. The predicted octanol–water partition coefficient (Wildman–Crippen LogP) is -3.88. The van der Waals surface area contributed by atoms with Gasteiger partial charge in [0.15, 0.2) is 0 Å². The van der Waals surface area contributed by atoms with E-state index < -0.39 is 12.1 Å². The van der Waals surface area contributed by atoms with Crippen LogP contribution in [0.1, 0.15) is 77.1 Å². The number of carboxylic acids is 1. The van der Waals surface area contributed by atoms with Crippen LogP contribution >= 0.6 is 0 Å². The van der Waals surface area contributed by atoms with Crippen molar-refractivity contribution in [3.05, 3.63) is 46.1 Å². The Kier molecular flexibility index (Phi) is 12.4. The van der Waals surface area contributed by atoms with E-state index in [1.54, 1.807) is 12.1 Å². The maximum atomic E-state index is 13.4. The topological polar surface area (TPSA) is 109 Å². The fourth-order valence-electron chi connectivity index (χ4n) is 4.50. The molecule has 2 heterocycles. The van der Waals surface area contributed by atoms with E-state index in [1.807, 2.05) is 23.4 Å². The number of rotatable bonds is 9. The van der Waals surface area contributed by atoms with Gasteiger partial charge in [-0.3, -0.25) is 4.79 Å². The third kappa shape index (κ3) is 6.81. The summed E-state index contributed by atoms with van der Waals surface area (Å²) in [7, 11) is 1.82. The van der Waals surface area contributed by atoms with Gasteiger partial charge in [0.1, 0.15) is 6.09 Å². The van der Waals surface area contributed by atoms with Crippen LogP contribution in [0.3, 0.4) is 0 Å². The molecule has 0 fully saturated rings. The molecule has 1 aliphatic heterocycles. The molecular weight excluding hydrogens is 448 g/mol. The molecule has 184 valence electrons. The molecule has 1 aliphatic rings. The number of carbonyl (C=O) groups is 3. The molecule has 1 aromatic carbocycles. The molecular formula is C26H33Li2N3O5. The third-order valence-corrected chi connectivity index (χ3v) is 6.72. The zero-order valence-electron chi connectivity index (χ0n) is 22.5. The van der Waals surface area contributed by atoms with E-state index in [-0.39, 0.29) is 55.7 Å². The largest absolute Gasteiger partial charge is 1.00 e. The summed E-state index contributed by atoms with van der Waals surface area (Å²) >= 11 is 0. The first-order valence-corrected chi connectivity index (χ1v) is 12.0. The quantitative estimate of drug-likeness (QED) is 0.341. The van der Waals surface area contributed by atoms with Crippen molar-refractivity contribution in [2.45, 2.75) is 59.4 Å². The van der Waals surface area contributed by atoms with E-state index in [2.05, 4.69) is 13.8 Å². The molecule has 0 bridgehead atoms. The average Bonchev–Trinajstić information content (AvgIpc) is 3.11. The Bertz CT molecular complexity index is 1090. The molecule has 0 atom stereocenters. The molecule has 0 spiro atoms. The molecule has 36 heavy (non-hydrogen) atoms. The molecule has 2 amide bonds. The molecule has 0 saturated heterocycles. The average molecular weight is 481 g/mol. The number of aromatic carboxylic acids is 1. The van der Waals surface area contributed by atoms with Crippen LogP contribution in [0.15, 0.2) is 18.2 Å². The number of aromatic nitrogens is 1. The van der Waals surface area contributed by atoms with Gasteiger partial charge < -0.3 is 34.2 Å². The van der Waals surface area contributed by atoms with E-state index in [1.165, 1.54) is 6.07 Å². The van der Waals surface area contributed by atoms with Gasteiger partial charge in [0.25, 0.3) is 5.91 Å². The van der Waals surface area contributed by atoms with Crippen LogP contribution in [0.2, 0.25) is 0 Å². The maximum Gasteiger partial charge on any atom is 1.00 e. The monoisotopic (exact) mass is 481 g/mol. The van der Waals surface area contributed by atoms with Gasteiger partial charge in [0.05, 0.1) is 11.5 Å². The van der Waals surface area contributed by atoms with Gasteiger partial charge >= 0.3 is 37.7 Å². The molecule has 0 N–H and O–H groups in total. The molecule has 3 rings (SSSR count). The van der Waals surface area contributed by atoms with Gasteiger partial charge in [0, 0.05) is 55.7 Å². The normalized spacial score (nSPS) is 12.3. The molecule has 0 aliphatic carbocycles. The van der Waals surface area contributed by atoms with Crippen molar-refractivity contribution in [2.75, 3.05) is 19.6 Å².